The summed E-state index contributed by atoms with van der Waals surface area (Å²) in [4.78, 5) is 11.9. The lowest BCUT2D eigenvalue weighted by Gasteiger charge is -2.05. The molecule has 0 bridgehead atoms. The number of aliphatic hydroxyl groups is 1. The molecule has 2 aromatic rings. The summed E-state index contributed by atoms with van der Waals surface area (Å²) in [5.41, 5.74) is 1.29. The van der Waals surface area contributed by atoms with Gasteiger partial charge in [0.2, 0.25) is 0 Å². The fraction of sp³-hybridized carbons (Fsp3) is 0.312. The van der Waals surface area contributed by atoms with Gasteiger partial charge in [0.05, 0.1) is 12.2 Å². The molecule has 4 heteroatoms. The first kappa shape index (κ1) is 14.3. The van der Waals surface area contributed by atoms with Crippen LogP contribution < -0.4 is 0 Å². The Morgan fingerprint density at radius 1 is 1.30 bits per heavy atom. The second-order valence-corrected chi connectivity index (χ2v) is 4.49. The van der Waals surface area contributed by atoms with E-state index in [9.17, 15) is 4.79 Å². The second kappa shape index (κ2) is 6.91. The first-order valence-electron chi connectivity index (χ1n) is 6.71. The molecule has 0 unspecified atom stereocenters. The molecule has 1 aromatic heterocycles. The van der Waals surface area contributed by atoms with Crippen molar-refractivity contribution in [3.63, 3.8) is 0 Å². The highest BCUT2D eigenvalue weighted by atomic mass is 16.5. The lowest BCUT2D eigenvalue weighted by atomic mass is 10.1. The molecule has 0 fully saturated rings. The van der Waals surface area contributed by atoms with Crippen LogP contribution >= 0.6 is 0 Å². The highest BCUT2D eigenvalue weighted by Gasteiger charge is 2.10. The van der Waals surface area contributed by atoms with E-state index in [1.807, 2.05) is 13.0 Å². The quantitative estimate of drug-likeness (QED) is 0.648. The number of aliphatic hydroxyl groups excluding tert-OH is 1. The number of furan rings is 1. The number of carbonyl (C=O) groups is 1. The van der Waals surface area contributed by atoms with Crippen molar-refractivity contribution in [3.05, 3.63) is 47.7 Å². The first-order chi connectivity index (χ1) is 9.74. The number of esters is 1. The number of hydrogen-bond acceptors (Lipinski definition) is 4. The van der Waals surface area contributed by atoms with Gasteiger partial charge in [-0.1, -0.05) is 25.5 Å². The average molecular weight is 274 g/mol. The van der Waals surface area contributed by atoms with Crippen molar-refractivity contribution >= 4 is 5.97 Å². The third-order valence-electron chi connectivity index (χ3n) is 2.93. The Morgan fingerprint density at radius 3 is 2.85 bits per heavy atom. The third kappa shape index (κ3) is 3.48. The van der Waals surface area contributed by atoms with E-state index in [0.29, 0.717) is 23.7 Å². The van der Waals surface area contributed by atoms with Crippen LogP contribution in [0.4, 0.5) is 0 Å². The molecule has 0 radical (unpaired) electrons. The number of unbranched alkanes of at least 4 members (excludes halogenated alkanes) is 1. The van der Waals surface area contributed by atoms with Gasteiger partial charge in [-0.25, -0.2) is 4.79 Å². The molecule has 20 heavy (non-hydrogen) atoms. The molecule has 0 spiro atoms. The van der Waals surface area contributed by atoms with Crippen LogP contribution in [0.15, 0.2) is 40.8 Å². The minimum absolute atomic E-state index is 0.140. The highest BCUT2D eigenvalue weighted by Crippen LogP contribution is 2.23. The monoisotopic (exact) mass is 274 g/mol. The molecular weight excluding hydrogens is 256 g/mol. The zero-order valence-corrected chi connectivity index (χ0v) is 11.5. The van der Waals surface area contributed by atoms with Gasteiger partial charge in [-0.3, -0.25) is 0 Å². The number of rotatable bonds is 6. The Kier molecular flexibility index (Phi) is 4.96. The number of hydrogen-bond donors (Lipinski definition) is 1. The van der Waals surface area contributed by atoms with Gasteiger partial charge in [0.25, 0.3) is 0 Å². The number of carbonyl (C=O) groups excluding carboxylic acids is 1. The fourth-order valence-electron chi connectivity index (χ4n) is 1.81. The highest BCUT2D eigenvalue weighted by molar-refractivity contribution is 5.90. The van der Waals surface area contributed by atoms with Crippen molar-refractivity contribution in [1.82, 2.24) is 0 Å². The minimum atomic E-state index is -0.325. The van der Waals surface area contributed by atoms with Crippen LogP contribution in [0.3, 0.4) is 0 Å². The van der Waals surface area contributed by atoms with Gasteiger partial charge in [0, 0.05) is 5.56 Å². The largest absolute Gasteiger partial charge is 0.462 e. The summed E-state index contributed by atoms with van der Waals surface area (Å²) in [6.45, 7) is 2.35. The molecule has 1 heterocycles. The van der Waals surface area contributed by atoms with Crippen LogP contribution in [0.5, 0.6) is 0 Å². The van der Waals surface area contributed by atoms with Crippen LogP contribution in [0.2, 0.25) is 0 Å². The van der Waals surface area contributed by atoms with Gasteiger partial charge in [0.1, 0.15) is 18.1 Å². The van der Waals surface area contributed by atoms with E-state index in [2.05, 4.69) is 0 Å². The SMILES string of the molecule is CCCCOC(=O)c1cccc(-c2ccc(CO)o2)c1. The van der Waals surface area contributed by atoms with Gasteiger partial charge >= 0.3 is 5.97 Å². The molecule has 106 valence electrons. The van der Waals surface area contributed by atoms with Crippen LogP contribution in [0.25, 0.3) is 11.3 Å². The molecule has 2 rings (SSSR count). The summed E-state index contributed by atoms with van der Waals surface area (Å²) < 4.78 is 10.6. The van der Waals surface area contributed by atoms with E-state index in [1.54, 1.807) is 30.3 Å². The predicted octanol–water partition coefficient (Wildman–Crippen LogP) is 3.40. The average Bonchev–Trinajstić information content (AvgIpc) is 2.96. The molecule has 4 nitrogen and oxygen atoms in total. The Labute approximate surface area is 118 Å². The van der Waals surface area contributed by atoms with Crippen LogP contribution in [0, 0.1) is 0 Å². The number of ether oxygens (including phenoxy) is 1. The summed E-state index contributed by atoms with van der Waals surface area (Å²) in [5.74, 6) is 0.794. The molecular formula is C16H18O4. The molecule has 1 aromatic carbocycles. The lowest BCUT2D eigenvalue weighted by molar-refractivity contribution is 0.0500. The summed E-state index contributed by atoms with van der Waals surface area (Å²) in [5, 5.41) is 8.99. The van der Waals surface area contributed by atoms with E-state index in [1.165, 1.54) is 0 Å². The first-order valence-corrected chi connectivity index (χ1v) is 6.71. The molecule has 0 aliphatic rings. The molecule has 1 N–H and O–H groups in total. The molecule has 0 saturated heterocycles. The van der Waals surface area contributed by atoms with Crippen LogP contribution in [-0.4, -0.2) is 17.7 Å². The zero-order valence-electron chi connectivity index (χ0n) is 11.5. The van der Waals surface area contributed by atoms with Crippen molar-refractivity contribution in [2.24, 2.45) is 0 Å². The maximum atomic E-state index is 11.9. The maximum Gasteiger partial charge on any atom is 0.338 e. The van der Waals surface area contributed by atoms with Gasteiger partial charge in [-0.2, -0.15) is 0 Å². The Balaban J connectivity index is 2.13. The summed E-state index contributed by atoms with van der Waals surface area (Å²) >= 11 is 0. The van der Waals surface area contributed by atoms with E-state index in [4.69, 9.17) is 14.3 Å². The third-order valence-corrected chi connectivity index (χ3v) is 2.93. The van der Waals surface area contributed by atoms with Gasteiger partial charge < -0.3 is 14.3 Å². The van der Waals surface area contributed by atoms with Crippen LogP contribution in [0.1, 0.15) is 35.9 Å². The molecule has 0 saturated carbocycles. The smallest absolute Gasteiger partial charge is 0.338 e. The topological polar surface area (TPSA) is 59.7 Å². The van der Waals surface area contributed by atoms with Crippen molar-refractivity contribution in [1.29, 1.82) is 0 Å². The van der Waals surface area contributed by atoms with Crippen molar-refractivity contribution in [3.8, 4) is 11.3 Å². The summed E-state index contributed by atoms with van der Waals surface area (Å²) in [6, 6.07) is 10.6. The molecule has 0 amide bonds. The number of benzene rings is 1. The van der Waals surface area contributed by atoms with Gasteiger partial charge in [-0.05, 0) is 30.7 Å². The Morgan fingerprint density at radius 2 is 2.15 bits per heavy atom. The van der Waals surface area contributed by atoms with Crippen LogP contribution in [-0.2, 0) is 11.3 Å². The summed E-state index contributed by atoms with van der Waals surface area (Å²) in [7, 11) is 0. The standard InChI is InChI=1S/C16H18O4/c1-2-3-9-19-16(18)13-6-4-5-12(10-13)15-8-7-14(11-17)20-15/h4-8,10,17H,2-3,9,11H2,1H3. The predicted molar refractivity (Wildman–Crippen MR) is 75.3 cm³/mol. The van der Waals surface area contributed by atoms with Crippen molar-refractivity contribution in [2.75, 3.05) is 6.61 Å². The minimum Gasteiger partial charge on any atom is -0.462 e. The van der Waals surface area contributed by atoms with E-state index >= 15 is 0 Å². The molecule has 0 aliphatic carbocycles. The van der Waals surface area contributed by atoms with E-state index < -0.39 is 0 Å². The lowest BCUT2D eigenvalue weighted by Crippen LogP contribution is -2.06. The van der Waals surface area contributed by atoms with Gasteiger partial charge in [-0.15, -0.1) is 0 Å². The Bertz CT molecular complexity index is 571. The molecule has 0 atom stereocenters. The normalized spacial score (nSPS) is 10.5. The Hall–Kier alpha value is -2.07. The van der Waals surface area contributed by atoms with Crippen molar-refractivity contribution < 1.29 is 19.1 Å². The maximum absolute atomic E-state index is 11.9. The zero-order chi connectivity index (χ0) is 14.4. The fourth-order valence-corrected chi connectivity index (χ4v) is 1.81. The van der Waals surface area contributed by atoms with E-state index in [-0.39, 0.29) is 12.6 Å². The van der Waals surface area contributed by atoms with E-state index in [0.717, 1.165) is 18.4 Å². The van der Waals surface area contributed by atoms with Gasteiger partial charge in [0.15, 0.2) is 0 Å². The summed E-state index contributed by atoms with van der Waals surface area (Å²) in [6.07, 6.45) is 1.85. The second-order valence-electron chi connectivity index (χ2n) is 4.49. The van der Waals surface area contributed by atoms with Crippen molar-refractivity contribution in [2.45, 2.75) is 26.4 Å². The molecule has 0 aliphatic heterocycles.